The largest absolute Gasteiger partial charge is 0.342 e. The average molecular weight is 254 g/mol. The molecule has 94 valence electrons. The van der Waals surface area contributed by atoms with Gasteiger partial charge in [-0.25, -0.2) is 0 Å². The molecule has 3 heteroatoms. The summed E-state index contributed by atoms with van der Waals surface area (Å²) in [6.07, 6.45) is 1.34. The highest BCUT2D eigenvalue weighted by atomic mass is 35.5. The van der Waals surface area contributed by atoms with E-state index in [2.05, 4.69) is 19.1 Å². The molecule has 0 fully saturated rings. The molecule has 0 aliphatic heterocycles. The first kappa shape index (κ1) is 14.0. The number of halogens is 1. The number of carbonyl (C=O) groups is 1. The molecule has 0 saturated heterocycles. The number of hydrogen-bond donors (Lipinski definition) is 0. The Kier molecular flexibility index (Phi) is 5.49. The second-order valence-corrected chi connectivity index (χ2v) is 4.74. The van der Waals surface area contributed by atoms with Crippen molar-refractivity contribution in [1.82, 2.24) is 4.90 Å². The van der Waals surface area contributed by atoms with Gasteiger partial charge in [-0.3, -0.25) is 4.79 Å². The molecule has 0 radical (unpaired) electrons. The number of aryl methyl sites for hydroxylation is 2. The second-order valence-electron chi connectivity index (χ2n) is 4.43. The molecule has 1 atom stereocenters. The van der Waals surface area contributed by atoms with Gasteiger partial charge in [-0.2, -0.15) is 0 Å². The van der Waals surface area contributed by atoms with Gasteiger partial charge in [0.1, 0.15) is 0 Å². The number of benzene rings is 1. The number of amides is 1. The highest BCUT2D eigenvalue weighted by Gasteiger charge is 2.14. The Balaban J connectivity index is 2.51. The summed E-state index contributed by atoms with van der Waals surface area (Å²) < 4.78 is 0. The molecule has 0 aliphatic carbocycles. The van der Waals surface area contributed by atoms with Crippen LogP contribution in [0.4, 0.5) is 0 Å². The van der Waals surface area contributed by atoms with Gasteiger partial charge >= 0.3 is 0 Å². The van der Waals surface area contributed by atoms with E-state index in [1.165, 1.54) is 11.1 Å². The van der Waals surface area contributed by atoms with E-state index in [-0.39, 0.29) is 11.9 Å². The SMILES string of the molecule is Cc1ccccc1CCC(=O)N(C)C(C)CCl. The van der Waals surface area contributed by atoms with Crippen LogP contribution in [0.25, 0.3) is 0 Å². The quantitative estimate of drug-likeness (QED) is 0.739. The van der Waals surface area contributed by atoms with Crippen LogP contribution < -0.4 is 0 Å². The van der Waals surface area contributed by atoms with Crippen LogP contribution in [0.1, 0.15) is 24.5 Å². The standard InChI is InChI=1S/C14H20ClNO/c1-11-6-4-5-7-13(11)8-9-14(17)16(3)12(2)10-15/h4-7,12H,8-10H2,1-3H3. The summed E-state index contributed by atoms with van der Waals surface area (Å²) >= 11 is 5.74. The van der Waals surface area contributed by atoms with Crippen LogP contribution in [0.3, 0.4) is 0 Å². The maximum absolute atomic E-state index is 11.9. The van der Waals surface area contributed by atoms with E-state index < -0.39 is 0 Å². The van der Waals surface area contributed by atoms with Crippen LogP contribution in [0.15, 0.2) is 24.3 Å². The van der Waals surface area contributed by atoms with Gasteiger partial charge in [0.05, 0.1) is 0 Å². The molecule has 0 spiro atoms. The van der Waals surface area contributed by atoms with E-state index in [4.69, 9.17) is 11.6 Å². The molecule has 1 rings (SSSR count). The minimum atomic E-state index is 0.0982. The Morgan fingerprint density at radius 2 is 2.06 bits per heavy atom. The summed E-state index contributed by atoms with van der Waals surface area (Å²) in [6.45, 7) is 4.03. The molecule has 2 nitrogen and oxygen atoms in total. The first-order chi connectivity index (χ1) is 8.06. The lowest BCUT2D eigenvalue weighted by Crippen LogP contribution is -2.36. The van der Waals surface area contributed by atoms with Gasteiger partial charge in [0.2, 0.25) is 5.91 Å². The number of carbonyl (C=O) groups excluding carboxylic acids is 1. The van der Waals surface area contributed by atoms with Crippen molar-refractivity contribution >= 4 is 17.5 Å². The summed E-state index contributed by atoms with van der Waals surface area (Å²) in [6, 6.07) is 8.28. The molecule has 1 aromatic rings. The molecule has 0 N–H and O–H groups in total. The first-order valence-corrected chi connectivity index (χ1v) is 6.45. The summed E-state index contributed by atoms with van der Waals surface area (Å²) in [5.41, 5.74) is 2.49. The van der Waals surface area contributed by atoms with E-state index >= 15 is 0 Å². The van der Waals surface area contributed by atoms with Crippen molar-refractivity contribution in [3.8, 4) is 0 Å². The van der Waals surface area contributed by atoms with Gasteiger partial charge in [0.15, 0.2) is 0 Å². The highest BCUT2D eigenvalue weighted by molar-refractivity contribution is 6.18. The summed E-state index contributed by atoms with van der Waals surface area (Å²) in [4.78, 5) is 13.6. The lowest BCUT2D eigenvalue weighted by atomic mass is 10.0. The van der Waals surface area contributed by atoms with E-state index in [0.29, 0.717) is 12.3 Å². The summed E-state index contributed by atoms with van der Waals surface area (Å²) in [5, 5.41) is 0. The van der Waals surface area contributed by atoms with Crippen LogP contribution in [-0.4, -0.2) is 29.8 Å². The molecule has 1 amide bonds. The van der Waals surface area contributed by atoms with Gasteiger partial charge in [-0.15, -0.1) is 11.6 Å². The van der Waals surface area contributed by atoms with Crippen LogP contribution in [0, 0.1) is 6.92 Å². The number of rotatable bonds is 5. The minimum Gasteiger partial charge on any atom is -0.342 e. The summed E-state index contributed by atoms with van der Waals surface area (Å²) in [7, 11) is 1.81. The van der Waals surface area contributed by atoms with E-state index in [1.807, 2.05) is 26.1 Å². The van der Waals surface area contributed by atoms with Crippen LogP contribution in [-0.2, 0) is 11.2 Å². The zero-order valence-corrected chi connectivity index (χ0v) is 11.5. The zero-order chi connectivity index (χ0) is 12.8. The fraction of sp³-hybridized carbons (Fsp3) is 0.500. The zero-order valence-electron chi connectivity index (χ0n) is 10.7. The third-order valence-electron chi connectivity index (χ3n) is 3.15. The number of alkyl halides is 1. The molecular formula is C14H20ClNO. The van der Waals surface area contributed by atoms with Crippen molar-refractivity contribution in [2.75, 3.05) is 12.9 Å². The van der Waals surface area contributed by atoms with Gasteiger partial charge in [-0.05, 0) is 31.4 Å². The smallest absolute Gasteiger partial charge is 0.222 e. The van der Waals surface area contributed by atoms with Crippen LogP contribution in [0.5, 0.6) is 0 Å². The topological polar surface area (TPSA) is 20.3 Å². The Morgan fingerprint density at radius 3 is 2.65 bits per heavy atom. The predicted molar refractivity (Wildman–Crippen MR) is 72.5 cm³/mol. The van der Waals surface area contributed by atoms with E-state index in [0.717, 1.165) is 6.42 Å². The molecule has 0 aromatic heterocycles. The molecule has 1 aromatic carbocycles. The summed E-state index contributed by atoms with van der Waals surface area (Å²) in [5.74, 6) is 0.633. The van der Waals surface area contributed by atoms with Crippen molar-refractivity contribution in [2.24, 2.45) is 0 Å². The Labute approximate surface area is 109 Å². The monoisotopic (exact) mass is 253 g/mol. The average Bonchev–Trinajstić information content (AvgIpc) is 2.35. The predicted octanol–water partition coefficient (Wildman–Crippen LogP) is 3.01. The lowest BCUT2D eigenvalue weighted by Gasteiger charge is -2.23. The molecule has 0 heterocycles. The van der Waals surface area contributed by atoms with Crippen molar-refractivity contribution in [3.05, 3.63) is 35.4 Å². The minimum absolute atomic E-state index is 0.0982. The molecule has 0 aliphatic rings. The highest BCUT2D eigenvalue weighted by Crippen LogP contribution is 2.11. The molecule has 0 bridgehead atoms. The fourth-order valence-corrected chi connectivity index (χ4v) is 1.86. The third kappa shape index (κ3) is 4.04. The second kappa shape index (κ2) is 6.65. The molecule has 17 heavy (non-hydrogen) atoms. The van der Waals surface area contributed by atoms with Crippen LogP contribution >= 0.6 is 11.6 Å². The van der Waals surface area contributed by atoms with E-state index in [1.54, 1.807) is 4.90 Å². The maximum Gasteiger partial charge on any atom is 0.222 e. The molecular weight excluding hydrogens is 234 g/mol. The maximum atomic E-state index is 11.9. The third-order valence-corrected chi connectivity index (χ3v) is 3.59. The lowest BCUT2D eigenvalue weighted by molar-refractivity contribution is -0.131. The first-order valence-electron chi connectivity index (χ1n) is 5.92. The van der Waals surface area contributed by atoms with Crippen molar-refractivity contribution in [3.63, 3.8) is 0 Å². The van der Waals surface area contributed by atoms with Crippen molar-refractivity contribution in [2.45, 2.75) is 32.7 Å². The normalized spacial score (nSPS) is 12.2. The Bertz CT molecular complexity index is 378. The fourth-order valence-electron chi connectivity index (χ4n) is 1.66. The van der Waals surface area contributed by atoms with Gasteiger partial charge in [-0.1, -0.05) is 24.3 Å². The molecule has 1 unspecified atom stereocenters. The Morgan fingerprint density at radius 1 is 1.41 bits per heavy atom. The van der Waals surface area contributed by atoms with Gasteiger partial charge in [0, 0.05) is 25.4 Å². The molecule has 0 saturated carbocycles. The van der Waals surface area contributed by atoms with Gasteiger partial charge < -0.3 is 4.90 Å². The van der Waals surface area contributed by atoms with E-state index in [9.17, 15) is 4.79 Å². The van der Waals surface area contributed by atoms with Crippen molar-refractivity contribution in [1.29, 1.82) is 0 Å². The van der Waals surface area contributed by atoms with Gasteiger partial charge in [0.25, 0.3) is 0 Å². The van der Waals surface area contributed by atoms with Crippen molar-refractivity contribution < 1.29 is 4.79 Å². The number of hydrogen-bond acceptors (Lipinski definition) is 1. The Hall–Kier alpha value is -1.02. The number of nitrogens with zero attached hydrogens (tertiary/aromatic N) is 1. The van der Waals surface area contributed by atoms with Crippen LogP contribution in [0.2, 0.25) is 0 Å².